The highest BCUT2D eigenvalue weighted by atomic mass is 32.1. The van der Waals surface area contributed by atoms with Crippen molar-refractivity contribution in [1.82, 2.24) is 14.9 Å². The molecule has 106 valence electrons. The third-order valence-corrected chi connectivity index (χ3v) is 4.94. The van der Waals surface area contributed by atoms with E-state index in [0.29, 0.717) is 0 Å². The Morgan fingerprint density at radius 1 is 1.30 bits per heavy atom. The average molecular weight is 287 g/mol. The molecule has 0 radical (unpaired) electrons. The van der Waals surface area contributed by atoms with Crippen LogP contribution in [0.5, 0.6) is 0 Å². The minimum Gasteiger partial charge on any atom is -0.296 e. The molecule has 0 bridgehead atoms. The maximum Gasteiger partial charge on any atom is 0.0959 e. The van der Waals surface area contributed by atoms with Gasteiger partial charge in [0.25, 0.3) is 0 Å². The first-order valence-corrected chi connectivity index (χ1v) is 8.21. The molecule has 0 N–H and O–H groups in total. The van der Waals surface area contributed by atoms with E-state index in [2.05, 4.69) is 28.4 Å². The number of rotatable bonds is 5. The van der Waals surface area contributed by atoms with Crippen molar-refractivity contribution in [2.45, 2.75) is 44.7 Å². The third-order valence-electron chi connectivity index (χ3n) is 3.88. The Bertz CT molecular complexity index is 532. The molecule has 1 aliphatic carbocycles. The Hall–Kier alpha value is -1.26. The monoisotopic (exact) mass is 287 g/mol. The fraction of sp³-hybridized carbons (Fsp3) is 0.500. The van der Waals surface area contributed by atoms with Gasteiger partial charge in [-0.1, -0.05) is 18.9 Å². The largest absolute Gasteiger partial charge is 0.296 e. The molecular weight excluding hydrogens is 266 g/mol. The van der Waals surface area contributed by atoms with Crippen LogP contribution in [0.3, 0.4) is 0 Å². The van der Waals surface area contributed by atoms with E-state index in [1.165, 1.54) is 41.9 Å². The van der Waals surface area contributed by atoms with Crippen molar-refractivity contribution in [3.63, 3.8) is 0 Å². The van der Waals surface area contributed by atoms with Gasteiger partial charge in [0.05, 0.1) is 10.7 Å². The fourth-order valence-corrected chi connectivity index (χ4v) is 3.87. The summed E-state index contributed by atoms with van der Waals surface area (Å²) in [7, 11) is 2.14. The first-order chi connectivity index (χ1) is 9.81. The van der Waals surface area contributed by atoms with Gasteiger partial charge in [0.1, 0.15) is 0 Å². The van der Waals surface area contributed by atoms with Crippen molar-refractivity contribution in [1.29, 1.82) is 0 Å². The molecule has 0 spiro atoms. The summed E-state index contributed by atoms with van der Waals surface area (Å²) in [6.45, 7) is 1.84. The predicted octanol–water partition coefficient (Wildman–Crippen LogP) is 3.83. The topological polar surface area (TPSA) is 29.0 Å². The molecule has 2 aromatic heterocycles. The molecule has 0 aromatic carbocycles. The summed E-state index contributed by atoms with van der Waals surface area (Å²) >= 11 is 1.84. The Morgan fingerprint density at radius 2 is 2.15 bits per heavy atom. The van der Waals surface area contributed by atoms with Crippen LogP contribution in [0.2, 0.25) is 0 Å². The second kappa shape index (κ2) is 6.46. The SMILES string of the molecule is CN(Cc1cccnc1)Cc1csc(C2CCCC2)n1. The van der Waals surface area contributed by atoms with Crippen LogP contribution in [0.1, 0.15) is 47.9 Å². The van der Waals surface area contributed by atoms with E-state index < -0.39 is 0 Å². The molecule has 0 unspecified atom stereocenters. The number of nitrogens with zero attached hydrogens (tertiary/aromatic N) is 3. The number of pyridine rings is 1. The predicted molar refractivity (Wildman–Crippen MR) is 82.7 cm³/mol. The van der Waals surface area contributed by atoms with Gasteiger partial charge in [-0.3, -0.25) is 9.88 Å². The molecule has 2 heterocycles. The van der Waals surface area contributed by atoms with Crippen LogP contribution in [-0.2, 0) is 13.1 Å². The van der Waals surface area contributed by atoms with Gasteiger partial charge in [-0.05, 0) is 31.5 Å². The maximum absolute atomic E-state index is 4.84. The molecule has 0 atom stereocenters. The summed E-state index contributed by atoms with van der Waals surface area (Å²) in [5, 5.41) is 3.58. The first-order valence-electron chi connectivity index (χ1n) is 7.33. The molecule has 1 saturated carbocycles. The van der Waals surface area contributed by atoms with Crippen LogP contribution in [0.25, 0.3) is 0 Å². The number of aromatic nitrogens is 2. The zero-order valence-electron chi connectivity index (χ0n) is 12.0. The highest BCUT2D eigenvalue weighted by Gasteiger charge is 2.20. The van der Waals surface area contributed by atoms with Crippen molar-refractivity contribution in [3.05, 3.63) is 46.2 Å². The highest BCUT2D eigenvalue weighted by molar-refractivity contribution is 7.09. The zero-order valence-corrected chi connectivity index (χ0v) is 12.8. The van der Waals surface area contributed by atoms with Crippen molar-refractivity contribution in [2.75, 3.05) is 7.05 Å². The van der Waals surface area contributed by atoms with E-state index in [4.69, 9.17) is 4.98 Å². The number of thiazole rings is 1. The third kappa shape index (κ3) is 3.44. The summed E-state index contributed by atoms with van der Waals surface area (Å²) in [6.07, 6.45) is 9.16. The van der Waals surface area contributed by atoms with Gasteiger partial charge < -0.3 is 0 Å². The molecule has 20 heavy (non-hydrogen) atoms. The van der Waals surface area contributed by atoms with Crippen LogP contribution >= 0.6 is 11.3 Å². The van der Waals surface area contributed by atoms with Crippen LogP contribution in [0, 0.1) is 0 Å². The molecule has 0 saturated heterocycles. The molecule has 0 amide bonds. The van der Waals surface area contributed by atoms with Gasteiger partial charge in [-0.25, -0.2) is 4.98 Å². The second-order valence-corrected chi connectivity index (χ2v) is 6.58. The number of hydrogen-bond donors (Lipinski definition) is 0. The lowest BCUT2D eigenvalue weighted by Crippen LogP contribution is -2.17. The standard InChI is InChI=1S/C16H21N3S/c1-19(10-13-5-4-8-17-9-13)11-15-12-20-16(18-15)14-6-2-3-7-14/h4-5,8-9,12,14H,2-3,6-7,10-11H2,1H3. The zero-order chi connectivity index (χ0) is 13.8. The molecule has 3 nitrogen and oxygen atoms in total. The normalized spacial score (nSPS) is 16.1. The van der Waals surface area contributed by atoms with E-state index in [1.54, 1.807) is 0 Å². The Kier molecular flexibility index (Phi) is 4.43. The maximum atomic E-state index is 4.84. The Balaban J connectivity index is 1.57. The van der Waals surface area contributed by atoms with Gasteiger partial charge >= 0.3 is 0 Å². The van der Waals surface area contributed by atoms with Gasteiger partial charge in [0, 0.05) is 36.8 Å². The van der Waals surface area contributed by atoms with E-state index in [1.807, 2.05) is 29.8 Å². The molecule has 1 aliphatic rings. The van der Waals surface area contributed by atoms with Crippen molar-refractivity contribution >= 4 is 11.3 Å². The number of hydrogen-bond acceptors (Lipinski definition) is 4. The smallest absolute Gasteiger partial charge is 0.0959 e. The van der Waals surface area contributed by atoms with E-state index in [-0.39, 0.29) is 0 Å². The Labute approximate surface area is 124 Å². The summed E-state index contributed by atoms with van der Waals surface area (Å²) < 4.78 is 0. The van der Waals surface area contributed by atoms with Gasteiger partial charge in [-0.2, -0.15) is 0 Å². The van der Waals surface area contributed by atoms with Crippen LogP contribution in [0.15, 0.2) is 29.9 Å². The summed E-state index contributed by atoms with van der Waals surface area (Å²) in [6, 6.07) is 4.11. The fourth-order valence-electron chi connectivity index (χ4n) is 2.89. The lowest BCUT2D eigenvalue weighted by molar-refractivity contribution is 0.315. The minimum absolute atomic E-state index is 0.734. The Morgan fingerprint density at radius 3 is 2.90 bits per heavy atom. The molecule has 2 aromatic rings. The lowest BCUT2D eigenvalue weighted by Gasteiger charge is -2.14. The van der Waals surface area contributed by atoms with Gasteiger partial charge in [0.15, 0.2) is 0 Å². The van der Waals surface area contributed by atoms with Crippen LogP contribution in [0.4, 0.5) is 0 Å². The molecular formula is C16H21N3S. The highest BCUT2D eigenvalue weighted by Crippen LogP contribution is 2.35. The molecule has 3 rings (SSSR count). The summed E-state index contributed by atoms with van der Waals surface area (Å²) in [4.78, 5) is 11.3. The lowest BCUT2D eigenvalue weighted by atomic mass is 10.1. The van der Waals surface area contributed by atoms with E-state index >= 15 is 0 Å². The quantitative estimate of drug-likeness (QED) is 0.837. The molecule has 0 aliphatic heterocycles. The van der Waals surface area contributed by atoms with E-state index in [0.717, 1.165) is 19.0 Å². The second-order valence-electron chi connectivity index (χ2n) is 5.69. The summed E-state index contributed by atoms with van der Waals surface area (Å²) in [5.41, 5.74) is 2.46. The molecule has 1 fully saturated rings. The first kappa shape index (κ1) is 13.7. The van der Waals surface area contributed by atoms with Crippen molar-refractivity contribution in [2.24, 2.45) is 0 Å². The van der Waals surface area contributed by atoms with Crippen molar-refractivity contribution < 1.29 is 0 Å². The van der Waals surface area contributed by atoms with E-state index in [9.17, 15) is 0 Å². The average Bonchev–Trinajstić information content (AvgIpc) is 3.10. The van der Waals surface area contributed by atoms with Crippen LogP contribution < -0.4 is 0 Å². The summed E-state index contributed by atoms with van der Waals surface area (Å²) in [5.74, 6) is 0.734. The molecule has 4 heteroatoms. The van der Waals surface area contributed by atoms with Crippen molar-refractivity contribution in [3.8, 4) is 0 Å². The van der Waals surface area contributed by atoms with Crippen LogP contribution in [-0.4, -0.2) is 21.9 Å². The van der Waals surface area contributed by atoms with Gasteiger partial charge in [-0.15, -0.1) is 11.3 Å². The van der Waals surface area contributed by atoms with Gasteiger partial charge in [0.2, 0.25) is 0 Å². The minimum atomic E-state index is 0.734.